The van der Waals surface area contributed by atoms with Gasteiger partial charge in [0.15, 0.2) is 0 Å². The number of pyridine rings is 1. The fraction of sp³-hybridized carbons (Fsp3) is 0.500. The maximum atomic E-state index is 12.7. The van der Waals surface area contributed by atoms with Crippen LogP contribution in [0, 0.1) is 0 Å². The minimum atomic E-state index is -4.61. The fourth-order valence-electron chi connectivity index (χ4n) is 2.09. The Bertz CT molecular complexity index is 522. The zero-order chi connectivity index (χ0) is 15.0. The zero-order valence-electron chi connectivity index (χ0n) is 10.5. The highest BCUT2D eigenvalue weighted by atomic mass is 19.4. The van der Waals surface area contributed by atoms with Gasteiger partial charge in [-0.15, -0.1) is 0 Å². The van der Waals surface area contributed by atoms with Gasteiger partial charge in [0.1, 0.15) is 11.5 Å². The predicted octanol–water partition coefficient (Wildman–Crippen LogP) is 1.53. The van der Waals surface area contributed by atoms with Gasteiger partial charge in [0.05, 0.1) is 17.7 Å². The molecule has 0 atom stereocenters. The van der Waals surface area contributed by atoms with Crippen LogP contribution >= 0.6 is 0 Å². The van der Waals surface area contributed by atoms with E-state index >= 15 is 0 Å². The molecule has 1 saturated carbocycles. The molecule has 0 spiro atoms. The molecule has 0 saturated heterocycles. The first-order valence-electron chi connectivity index (χ1n) is 6.04. The number of hydrogen-bond acceptors (Lipinski definition) is 4. The molecule has 5 nitrogen and oxygen atoms in total. The highest BCUT2D eigenvalue weighted by Crippen LogP contribution is 2.36. The van der Waals surface area contributed by atoms with Crippen molar-refractivity contribution in [1.29, 1.82) is 0 Å². The normalized spacial score (nSPS) is 17.4. The SMILES string of the molecule is NC(=O)c1ccc(C(F)(F)F)nc1NC1(CO)CCC1. The van der Waals surface area contributed by atoms with E-state index in [1.54, 1.807) is 0 Å². The summed E-state index contributed by atoms with van der Waals surface area (Å²) in [6.45, 7) is -0.247. The maximum absolute atomic E-state index is 12.7. The van der Waals surface area contributed by atoms with Gasteiger partial charge in [-0.3, -0.25) is 4.79 Å². The van der Waals surface area contributed by atoms with Crippen molar-refractivity contribution in [2.45, 2.75) is 31.0 Å². The van der Waals surface area contributed by atoms with Gasteiger partial charge in [0.25, 0.3) is 5.91 Å². The quantitative estimate of drug-likeness (QED) is 0.784. The van der Waals surface area contributed by atoms with E-state index in [-0.39, 0.29) is 18.0 Å². The number of alkyl halides is 3. The Morgan fingerprint density at radius 2 is 2.10 bits per heavy atom. The van der Waals surface area contributed by atoms with Gasteiger partial charge in [0.2, 0.25) is 0 Å². The van der Waals surface area contributed by atoms with E-state index in [1.807, 2.05) is 0 Å². The number of hydrogen-bond donors (Lipinski definition) is 3. The van der Waals surface area contributed by atoms with Gasteiger partial charge in [0, 0.05) is 0 Å². The largest absolute Gasteiger partial charge is 0.433 e. The molecular formula is C12H14F3N3O2. The Morgan fingerprint density at radius 3 is 2.50 bits per heavy atom. The van der Waals surface area contributed by atoms with Crippen LogP contribution in [0.2, 0.25) is 0 Å². The van der Waals surface area contributed by atoms with E-state index in [4.69, 9.17) is 5.73 Å². The van der Waals surface area contributed by atoms with E-state index in [0.717, 1.165) is 12.5 Å². The second-order valence-electron chi connectivity index (χ2n) is 4.87. The Morgan fingerprint density at radius 1 is 1.45 bits per heavy atom. The third-order valence-corrected chi connectivity index (χ3v) is 3.45. The van der Waals surface area contributed by atoms with Crippen molar-refractivity contribution in [1.82, 2.24) is 4.98 Å². The summed E-state index contributed by atoms with van der Waals surface area (Å²) in [5.74, 6) is -1.11. The number of nitrogens with two attached hydrogens (primary N) is 1. The molecule has 0 bridgehead atoms. The lowest BCUT2D eigenvalue weighted by Gasteiger charge is -2.41. The predicted molar refractivity (Wildman–Crippen MR) is 65.0 cm³/mol. The summed E-state index contributed by atoms with van der Waals surface area (Å²) in [5, 5.41) is 12.1. The molecule has 1 fully saturated rings. The van der Waals surface area contributed by atoms with Crippen LogP contribution in [0.4, 0.5) is 19.0 Å². The minimum Gasteiger partial charge on any atom is -0.394 e. The number of halogens is 3. The second-order valence-corrected chi connectivity index (χ2v) is 4.87. The van der Waals surface area contributed by atoms with Gasteiger partial charge in [-0.1, -0.05) is 0 Å². The molecule has 20 heavy (non-hydrogen) atoms. The van der Waals surface area contributed by atoms with Crippen LogP contribution in [0.1, 0.15) is 35.3 Å². The number of nitrogens with one attached hydrogen (secondary N) is 1. The summed E-state index contributed by atoms with van der Waals surface area (Å²) >= 11 is 0. The molecule has 0 unspecified atom stereocenters. The first kappa shape index (κ1) is 14.6. The van der Waals surface area contributed by atoms with Crippen LogP contribution in [-0.4, -0.2) is 28.1 Å². The van der Waals surface area contributed by atoms with E-state index in [9.17, 15) is 23.1 Å². The molecule has 1 aromatic heterocycles. The third kappa shape index (κ3) is 2.69. The molecule has 1 aliphatic carbocycles. The van der Waals surface area contributed by atoms with Crippen molar-refractivity contribution in [2.24, 2.45) is 5.73 Å². The second kappa shape index (κ2) is 4.93. The smallest absolute Gasteiger partial charge is 0.394 e. The van der Waals surface area contributed by atoms with Gasteiger partial charge in [-0.25, -0.2) is 4.98 Å². The van der Waals surface area contributed by atoms with E-state index in [2.05, 4.69) is 10.3 Å². The standard InChI is InChI=1S/C12H14F3N3O2/c13-12(14,15)8-3-2-7(9(16)20)10(17-8)18-11(6-19)4-1-5-11/h2-3,19H,1,4-6H2,(H2,16,20)(H,17,18). The number of aliphatic hydroxyl groups is 1. The summed E-state index contributed by atoms with van der Waals surface area (Å²) in [7, 11) is 0. The summed E-state index contributed by atoms with van der Waals surface area (Å²) < 4.78 is 38.0. The fourth-order valence-corrected chi connectivity index (χ4v) is 2.09. The van der Waals surface area contributed by atoms with Gasteiger partial charge in [-0.2, -0.15) is 13.2 Å². The van der Waals surface area contributed by atoms with Crippen LogP contribution in [0.25, 0.3) is 0 Å². The number of carbonyl (C=O) groups is 1. The van der Waals surface area contributed by atoms with Crippen molar-refractivity contribution in [2.75, 3.05) is 11.9 Å². The van der Waals surface area contributed by atoms with E-state index < -0.39 is 23.3 Å². The summed E-state index contributed by atoms with van der Waals surface area (Å²) in [5.41, 5.74) is 3.17. The molecule has 4 N–H and O–H groups in total. The number of rotatable bonds is 4. The molecule has 8 heteroatoms. The number of nitrogens with zero attached hydrogens (tertiary/aromatic N) is 1. The average Bonchev–Trinajstić information content (AvgIpc) is 2.32. The van der Waals surface area contributed by atoms with Crippen LogP contribution in [0.3, 0.4) is 0 Å². The van der Waals surface area contributed by atoms with Crippen molar-refractivity contribution >= 4 is 11.7 Å². The highest BCUT2D eigenvalue weighted by Gasteiger charge is 2.39. The van der Waals surface area contributed by atoms with Crippen molar-refractivity contribution in [3.63, 3.8) is 0 Å². The first-order chi connectivity index (χ1) is 9.27. The monoisotopic (exact) mass is 289 g/mol. The molecule has 110 valence electrons. The zero-order valence-corrected chi connectivity index (χ0v) is 10.5. The summed E-state index contributed by atoms with van der Waals surface area (Å²) in [4.78, 5) is 14.7. The third-order valence-electron chi connectivity index (χ3n) is 3.45. The Balaban J connectivity index is 2.39. The highest BCUT2D eigenvalue weighted by molar-refractivity contribution is 5.97. The number of amides is 1. The van der Waals surface area contributed by atoms with E-state index in [1.165, 1.54) is 0 Å². The molecule has 0 aliphatic heterocycles. The van der Waals surface area contributed by atoms with Crippen LogP contribution in [0.5, 0.6) is 0 Å². The van der Waals surface area contributed by atoms with Gasteiger partial charge in [-0.05, 0) is 31.4 Å². The average molecular weight is 289 g/mol. The lowest BCUT2D eigenvalue weighted by Crippen LogP contribution is -2.49. The Kier molecular flexibility index (Phi) is 3.59. The Hall–Kier alpha value is -1.83. The lowest BCUT2D eigenvalue weighted by molar-refractivity contribution is -0.141. The van der Waals surface area contributed by atoms with Crippen molar-refractivity contribution in [3.8, 4) is 0 Å². The van der Waals surface area contributed by atoms with Crippen LogP contribution in [-0.2, 0) is 6.18 Å². The maximum Gasteiger partial charge on any atom is 0.433 e. The first-order valence-corrected chi connectivity index (χ1v) is 6.04. The van der Waals surface area contributed by atoms with Gasteiger partial charge >= 0.3 is 6.18 Å². The number of anilines is 1. The van der Waals surface area contributed by atoms with Crippen molar-refractivity contribution in [3.05, 3.63) is 23.4 Å². The Labute approximate surface area is 113 Å². The molecule has 0 radical (unpaired) electrons. The summed E-state index contributed by atoms with van der Waals surface area (Å²) in [6, 6.07) is 1.70. The minimum absolute atomic E-state index is 0.127. The number of aliphatic hydroxyl groups excluding tert-OH is 1. The van der Waals surface area contributed by atoms with Gasteiger partial charge < -0.3 is 16.2 Å². The topological polar surface area (TPSA) is 88.2 Å². The molecule has 1 heterocycles. The number of carbonyl (C=O) groups excluding carboxylic acids is 1. The number of primary amides is 1. The molecule has 1 amide bonds. The van der Waals surface area contributed by atoms with Crippen molar-refractivity contribution < 1.29 is 23.1 Å². The summed E-state index contributed by atoms with van der Waals surface area (Å²) in [6.07, 6.45) is -2.57. The number of aromatic nitrogens is 1. The van der Waals surface area contributed by atoms with E-state index in [0.29, 0.717) is 18.9 Å². The van der Waals surface area contributed by atoms with Crippen LogP contribution in [0.15, 0.2) is 12.1 Å². The molecule has 1 aliphatic rings. The molecule has 1 aromatic rings. The molecule has 0 aromatic carbocycles. The molecule has 2 rings (SSSR count). The lowest BCUT2D eigenvalue weighted by atomic mass is 9.77. The molecular weight excluding hydrogens is 275 g/mol. The van der Waals surface area contributed by atoms with Crippen LogP contribution < -0.4 is 11.1 Å².